The molecule has 0 unspecified atom stereocenters. The first-order chi connectivity index (χ1) is 6.29. The third-order valence-corrected chi connectivity index (χ3v) is 4.15. The molecule has 86 valence electrons. The summed E-state index contributed by atoms with van der Waals surface area (Å²) in [6, 6.07) is 0. The van der Waals surface area contributed by atoms with Crippen molar-refractivity contribution in [2.24, 2.45) is 35.5 Å². The normalized spacial score (nSPS) is 42.2. The quantitative estimate of drug-likeness (QED) is 0.522. The Labute approximate surface area is 91.5 Å². The third kappa shape index (κ3) is 3.63. The van der Waals surface area contributed by atoms with Crippen LogP contribution >= 0.6 is 0 Å². The van der Waals surface area contributed by atoms with E-state index in [9.17, 15) is 0 Å². The van der Waals surface area contributed by atoms with E-state index in [0.717, 1.165) is 35.5 Å². The molecule has 0 radical (unpaired) electrons. The summed E-state index contributed by atoms with van der Waals surface area (Å²) in [5.41, 5.74) is 0. The van der Waals surface area contributed by atoms with Crippen LogP contribution in [0.1, 0.15) is 55.4 Å². The predicted octanol–water partition coefficient (Wildman–Crippen LogP) is 4.84. The summed E-state index contributed by atoms with van der Waals surface area (Å²) in [4.78, 5) is 0. The second kappa shape index (κ2) is 5.78. The summed E-state index contributed by atoms with van der Waals surface area (Å²) in [5, 5.41) is 0. The van der Waals surface area contributed by atoms with Crippen molar-refractivity contribution < 1.29 is 0 Å². The molecule has 0 heteroatoms. The van der Waals surface area contributed by atoms with Crippen molar-refractivity contribution in [1.82, 2.24) is 0 Å². The number of hydrogen-bond donors (Lipinski definition) is 0. The van der Waals surface area contributed by atoms with Gasteiger partial charge in [0, 0.05) is 0 Å². The van der Waals surface area contributed by atoms with Gasteiger partial charge in [-0.15, -0.1) is 0 Å². The molecule has 0 aliphatic heterocycles. The van der Waals surface area contributed by atoms with E-state index in [4.69, 9.17) is 0 Å². The van der Waals surface area contributed by atoms with E-state index in [2.05, 4.69) is 55.4 Å². The van der Waals surface area contributed by atoms with Gasteiger partial charge in [-0.3, -0.25) is 0 Å². The zero-order chi connectivity index (χ0) is 11.5. The molecule has 0 heterocycles. The maximum Gasteiger partial charge on any atom is -0.0386 e. The first-order valence-electron chi connectivity index (χ1n) is 6.29. The fourth-order valence-electron chi connectivity index (χ4n) is 2.39. The third-order valence-electron chi connectivity index (χ3n) is 4.15. The van der Waals surface area contributed by atoms with Gasteiger partial charge in [-0.05, 0) is 35.5 Å². The maximum absolute atomic E-state index is 2.40. The fourth-order valence-corrected chi connectivity index (χ4v) is 2.39. The monoisotopic (exact) mass is 198 g/mol. The van der Waals surface area contributed by atoms with Crippen molar-refractivity contribution in [2.45, 2.75) is 55.4 Å². The van der Waals surface area contributed by atoms with E-state index in [1.54, 1.807) is 0 Å². The van der Waals surface area contributed by atoms with Gasteiger partial charge in [-0.2, -0.15) is 0 Å². The Bertz CT molecular complexity index is 101. The van der Waals surface area contributed by atoms with Crippen LogP contribution < -0.4 is 0 Å². The minimum Gasteiger partial charge on any atom is -0.0630 e. The van der Waals surface area contributed by atoms with E-state index in [1.165, 1.54) is 0 Å². The van der Waals surface area contributed by atoms with Gasteiger partial charge in [0.15, 0.2) is 0 Å². The van der Waals surface area contributed by atoms with E-state index in [0.29, 0.717) is 0 Å². The predicted molar refractivity (Wildman–Crippen MR) is 66.3 cm³/mol. The highest BCUT2D eigenvalue weighted by Crippen LogP contribution is 2.44. The molecular weight excluding hydrogens is 168 g/mol. The van der Waals surface area contributed by atoms with Gasteiger partial charge in [0.2, 0.25) is 0 Å². The SMILES string of the molecule is CC(C)C.CC1C(C)C(C)C(C)C1C. The van der Waals surface area contributed by atoms with Crippen molar-refractivity contribution in [2.75, 3.05) is 0 Å². The van der Waals surface area contributed by atoms with Gasteiger partial charge in [0.25, 0.3) is 0 Å². The summed E-state index contributed by atoms with van der Waals surface area (Å²) in [7, 11) is 0. The Morgan fingerprint density at radius 3 is 0.643 bits per heavy atom. The minimum atomic E-state index is 0.833. The standard InChI is InChI=1S/C10H20.C4H10/c1-6-7(2)9(4)10(5)8(6)3;1-4(2)3/h6-10H,1-5H3;4H,1-3H3. The van der Waals surface area contributed by atoms with Crippen LogP contribution in [0.3, 0.4) is 0 Å². The average Bonchev–Trinajstić information content (AvgIpc) is 2.23. The highest BCUT2D eigenvalue weighted by atomic mass is 14.4. The van der Waals surface area contributed by atoms with Gasteiger partial charge in [-0.1, -0.05) is 55.4 Å². The summed E-state index contributed by atoms with van der Waals surface area (Å²) in [5.74, 6) is 5.51. The van der Waals surface area contributed by atoms with Gasteiger partial charge < -0.3 is 0 Å². The van der Waals surface area contributed by atoms with Crippen LogP contribution in [-0.4, -0.2) is 0 Å². The molecule has 0 aromatic heterocycles. The van der Waals surface area contributed by atoms with Crippen molar-refractivity contribution in [3.63, 3.8) is 0 Å². The lowest BCUT2D eigenvalue weighted by atomic mass is 9.92. The zero-order valence-electron chi connectivity index (χ0n) is 11.5. The molecule has 0 saturated heterocycles. The Kier molecular flexibility index (Phi) is 5.78. The summed E-state index contributed by atoms with van der Waals surface area (Å²) < 4.78 is 0. The maximum atomic E-state index is 2.40. The van der Waals surface area contributed by atoms with Crippen LogP contribution in [0.15, 0.2) is 0 Å². The molecule has 0 nitrogen and oxygen atoms in total. The summed E-state index contributed by atoms with van der Waals surface area (Å²) in [6.07, 6.45) is 0. The van der Waals surface area contributed by atoms with Crippen LogP contribution in [0.25, 0.3) is 0 Å². The molecule has 0 N–H and O–H groups in total. The Morgan fingerprint density at radius 1 is 0.500 bits per heavy atom. The smallest absolute Gasteiger partial charge is 0.0386 e. The fraction of sp³-hybridized carbons (Fsp3) is 1.00. The second-order valence-electron chi connectivity index (χ2n) is 6.03. The number of rotatable bonds is 0. The van der Waals surface area contributed by atoms with E-state index < -0.39 is 0 Å². The molecule has 1 aliphatic rings. The van der Waals surface area contributed by atoms with Gasteiger partial charge in [0.05, 0.1) is 0 Å². The first kappa shape index (κ1) is 14.0. The lowest BCUT2D eigenvalue weighted by Gasteiger charge is -2.14. The first-order valence-corrected chi connectivity index (χ1v) is 6.29. The molecule has 1 rings (SSSR count). The van der Waals surface area contributed by atoms with Crippen LogP contribution in [0.5, 0.6) is 0 Å². The second-order valence-corrected chi connectivity index (χ2v) is 6.03. The average molecular weight is 198 g/mol. The largest absolute Gasteiger partial charge is 0.0630 e. The van der Waals surface area contributed by atoms with Crippen molar-refractivity contribution >= 4 is 0 Å². The van der Waals surface area contributed by atoms with E-state index >= 15 is 0 Å². The molecular formula is C14H30. The lowest BCUT2D eigenvalue weighted by Crippen LogP contribution is -2.07. The lowest BCUT2D eigenvalue weighted by molar-refractivity contribution is 0.352. The molecule has 0 aromatic carbocycles. The molecule has 0 spiro atoms. The number of hydrogen-bond acceptors (Lipinski definition) is 0. The van der Waals surface area contributed by atoms with Crippen molar-refractivity contribution in [3.05, 3.63) is 0 Å². The Morgan fingerprint density at radius 2 is 0.571 bits per heavy atom. The molecule has 0 atom stereocenters. The topological polar surface area (TPSA) is 0 Å². The van der Waals surface area contributed by atoms with Gasteiger partial charge >= 0.3 is 0 Å². The summed E-state index contributed by atoms with van der Waals surface area (Å²) in [6.45, 7) is 18.5. The van der Waals surface area contributed by atoms with E-state index in [-0.39, 0.29) is 0 Å². The Hall–Kier alpha value is 0. The van der Waals surface area contributed by atoms with Crippen LogP contribution in [0.4, 0.5) is 0 Å². The van der Waals surface area contributed by atoms with Gasteiger partial charge in [0.1, 0.15) is 0 Å². The Balaban J connectivity index is 0.000000364. The highest BCUT2D eigenvalue weighted by molar-refractivity contribution is 4.86. The van der Waals surface area contributed by atoms with Crippen molar-refractivity contribution in [1.29, 1.82) is 0 Å². The highest BCUT2D eigenvalue weighted by Gasteiger charge is 2.38. The molecule has 1 saturated carbocycles. The van der Waals surface area contributed by atoms with Gasteiger partial charge in [-0.25, -0.2) is 0 Å². The van der Waals surface area contributed by atoms with Crippen LogP contribution in [-0.2, 0) is 0 Å². The van der Waals surface area contributed by atoms with Crippen LogP contribution in [0.2, 0.25) is 0 Å². The summed E-state index contributed by atoms with van der Waals surface area (Å²) >= 11 is 0. The van der Waals surface area contributed by atoms with Crippen molar-refractivity contribution in [3.8, 4) is 0 Å². The molecule has 0 amide bonds. The molecule has 0 bridgehead atoms. The zero-order valence-corrected chi connectivity index (χ0v) is 11.5. The molecule has 1 aliphatic carbocycles. The molecule has 14 heavy (non-hydrogen) atoms. The van der Waals surface area contributed by atoms with Crippen LogP contribution in [0, 0.1) is 35.5 Å². The molecule has 0 aromatic rings. The molecule has 1 fully saturated rings. The van der Waals surface area contributed by atoms with E-state index in [1.807, 2.05) is 0 Å². The minimum absolute atomic E-state index is 0.833.